The maximum absolute atomic E-state index is 13.0. The maximum atomic E-state index is 13.0. The molecule has 146 valence electrons. The van der Waals surface area contributed by atoms with Gasteiger partial charge in [-0.1, -0.05) is 0 Å². The summed E-state index contributed by atoms with van der Waals surface area (Å²) >= 11 is 1.24. The summed E-state index contributed by atoms with van der Waals surface area (Å²) < 4.78 is 44.6. The fraction of sp³-hybridized carbons (Fsp3) is 0.412. The second-order valence-electron chi connectivity index (χ2n) is 6.00. The second-order valence-corrected chi connectivity index (χ2v) is 8.79. The van der Waals surface area contributed by atoms with E-state index in [2.05, 4.69) is 9.88 Å². The highest BCUT2D eigenvalue weighted by molar-refractivity contribution is 7.89. The van der Waals surface area contributed by atoms with Gasteiger partial charge < -0.3 is 4.74 Å². The number of hydrogen-bond acceptors (Lipinski definition) is 7. The minimum atomic E-state index is -3.62. The number of aromatic nitrogens is 1. The molecule has 10 heteroatoms. The van der Waals surface area contributed by atoms with Gasteiger partial charge >= 0.3 is 5.97 Å². The summed E-state index contributed by atoms with van der Waals surface area (Å²) in [5.74, 6) is -0.895. The predicted octanol–water partition coefficient (Wildman–Crippen LogP) is 1.97. The Morgan fingerprint density at radius 1 is 1.22 bits per heavy atom. The molecule has 1 saturated heterocycles. The number of hydrogen-bond donors (Lipinski definition) is 0. The summed E-state index contributed by atoms with van der Waals surface area (Å²) in [5, 5.41) is 2.14. The van der Waals surface area contributed by atoms with Crippen LogP contribution in [0.2, 0.25) is 0 Å². The maximum Gasteiger partial charge on any atom is 0.367 e. The summed E-state index contributed by atoms with van der Waals surface area (Å²) in [7, 11) is -3.62. The number of piperazine rings is 1. The third-order valence-corrected chi connectivity index (χ3v) is 6.95. The number of rotatable bonds is 6. The van der Waals surface area contributed by atoms with Gasteiger partial charge in [-0.25, -0.2) is 22.6 Å². The van der Waals surface area contributed by atoms with Crippen molar-refractivity contribution in [2.45, 2.75) is 18.4 Å². The lowest BCUT2D eigenvalue weighted by molar-refractivity contribution is 0.0525. The van der Waals surface area contributed by atoms with E-state index in [0.29, 0.717) is 44.3 Å². The summed E-state index contributed by atoms with van der Waals surface area (Å²) in [6, 6.07) is 4.85. The van der Waals surface area contributed by atoms with Gasteiger partial charge in [-0.15, -0.1) is 11.3 Å². The number of thiazole rings is 1. The molecular formula is C17H20FN3O4S2. The second kappa shape index (κ2) is 8.42. The van der Waals surface area contributed by atoms with Crippen LogP contribution in [-0.4, -0.2) is 61.4 Å². The van der Waals surface area contributed by atoms with Crippen LogP contribution in [0.5, 0.6) is 0 Å². The van der Waals surface area contributed by atoms with Gasteiger partial charge in [0.15, 0.2) is 0 Å². The van der Waals surface area contributed by atoms with Crippen molar-refractivity contribution in [1.29, 1.82) is 0 Å². The van der Waals surface area contributed by atoms with Gasteiger partial charge in [0.1, 0.15) is 5.82 Å². The molecule has 1 aromatic carbocycles. The van der Waals surface area contributed by atoms with Crippen molar-refractivity contribution < 1.29 is 22.3 Å². The molecule has 3 rings (SSSR count). The molecule has 0 atom stereocenters. The summed E-state index contributed by atoms with van der Waals surface area (Å²) in [5.41, 5.74) is 0.762. The number of benzene rings is 1. The molecule has 0 radical (unpaired) electrons. The van der Waals surface area contributed by atoms with Crippen LogP contribution in [0.3, 0.4) is 0 Å². The molecule has 2 heterocycles. The minimum Gasteiger partial charge on any atom is -0.461 e. The van der Waals surface area contributed by atoms with Crippen molar-refractivity contribution in [3.63, 3.8) is 0 Å². The van der Waals surface area contributed by atoms with Crippen molar-refractivity contribution >= 4 is 27.3 Å². The van der Waals surface area contributed by atoms with Crippen LogP contribution < -0.4 is 0 Å². The average molecular weight is 413 g/mol. The minimum absolute atomic E-state index is 0.0935. The topological polar surface area (TPSA) is 79.8 Å². The van der Waals surface area contributed by atoms with E-state index in [1.165, 1.54) is 27.8 Å². The first-order valence-electron chi connectivity index (χ1n) is 8.49. The molecule has 1 aliphatic rings. The molecule has 27 heavy (non-hydrogen) atoms. The molecule has 0 amide bonds. The number of carbonyl (C=O) groups is 1. The van der Waals surface area contributed by atoms with Gasteiger partial charge in [-0.3, -0.25) is 4.90 Å². The van der Waals surface area contributed by atoms with E-state index >= 15 is 0 Å². The van der Waals surface area contributed by atoms with Crippen molar-refractivity contribution in [3.8, 4) is 0 Å². The monoisotopic (exact) mass is 413 g/mol. The van der Waals surface area contributed by atoms with Gasteiger partial charge in [0.2, 0.25) is 15.0 Å². The Balaban J connectivity index is 1.57. The molecule has 0 spiro atoms. The molecule has 1 fully saturated rings. The van der Waals surface area contributed by atoms with Gasteiger partial charge in [0, 0.05) is 38.1 Å². The van der Waals surface area contributed by atoms with Gasteiger partial charge in [-0.2, -0.15) is 4.31 Å². The molecule has 0 N–H and O–H groups in total. The van der Waals surface area contributed by atoms with Crippen LogP contribution in [0.4, 0.5) is 4.39 Å². The van der Waals surface area contributed by atoms with E-state index < -0.39 is 21.8 Å². The third kappa shape index (κ3) is 4.70. The molecule has 0 unspecified atom stereocenters. The van der Waals surface area contributed by atoms with E-state index in [0.717, 1.165) is 17.8 Å². The van der Waals surface area contributed by atoms with Crippen molar-refractivity contribution in [2.75, 3.05) is 32.8 Å². The molecule has 1 aliphatic heterocycles. The van der Waals surface area contributed by atoms with Gasteiger partial charge in [0.25, 0.3) is 0 Å². The number of sulfonamides is 1. The third-order valence-electron chi connectivity index (χ3n) is 4.17. The van der Waals surface area contributed by atoms with Crippen LogP contribution in [0.15, 0.2) is 34.5 Å². The lowest BCUT2D eigenvalue weighted by Gasteiger charge is -2.33. The van der Waals surface area contributed by atoms with E-state index in [9.17, 15) is 17.6 Å². The fourth-order valence-corrected chi connectivity index (χ4v) is 4.90. The first-order valence-corrected chi connectivity index (χ1v) is 10.8. The van der Waals surface area contributed by atoms with E-state index in [1.54, 1.807) is 6.92 Å². The molecular weight excluding hydrogens is 393 g/mol. The molecule has 7 nitrogen and oxygen atoms in total. The Morgan fingerprint density at radius 3 is 2.52 bits per heavy atom. The number of nitrogens with zero attached hydrogens (tertiary/aromatic N) is 3. The Labute approximate surface area is 161 Å². The zero-order chi connectivity index (χ0) is 19.4. The fourth-order valence-electron chi connectivity index (χ4n) is 2.78. The van der Waals surface area contributed by atoms with Crippen molar-refractivity contribution in [3.05, 3.63) is 46.2 Å². The zero-order valence-electron chi connectivity index (χ0n) is 14.8. The molecule has 2 aromatic rings. The highest BCUT2D eigenvalue weighted by Gasteiger charge is 2.28. The highest BCUT2D eigenvalue weighted by atomic mass is 32.2. The Hall–Kier alpha value is -1.88. The van der Waals surface area contributed by atoms with Crippen molar-refractivity contribution in [1.82, 2.24) is 14.2 Å². The normalized spacial score (nSPS) is 16.4. The average Bonchev–Trinajstić information content (AvgIpc) is 3.11. The lowest BCUT2D eigenvalue weighted by atomic mass is 10.3. The van der Waals surface area contributed by atoms with Crippen LogP contribution in [0.1, 0.15) is 22.4 Å². The molecule has 0 bridgehead atoms. The van der Waals surface area contributed by atoms with E-state index in [-0.39, 0.29) is 4.90 Å². The smallest absolute Gasteiger partial charge is 0.367 e. The predicted molar refractivity (Wildman–Crippen MR) is 98.5 cm³/mol. The summed E-state index contributed by atoms with van der Waals surface area (Å²) in [6.45, 7) is 4.37. The van der Waals surface area contributed by atoms with E-state index in [4.69, 9.17) is 4.74 Å². The first-order chi connectivity index (χ1) is 12.9. The van der Waals surface area contributed by atoms with Gasteiger partial charge in [-0.05, 0) is 31.2 Å². The van der Waals surface area contributed by atoms with E-state index in [1.807, 2.05) is 5.38 Å². The summed E-state index contributed by atoms with van der Waals surface area (Å²) in [4.78, 5) is 18.1. The quantitative estimate of drug-likeness (QED) is 0.674. The zero-order valence-corrected chi connectivity index (χ0v) is 16.4. The molecule has 0 aliphatic carbocycles. The van der Waals surface area contributed by atoms with Crippen LogP contribution in [0.25, 0.3) is 0 Å². The number of esters is 1. The standard InChI is InChI=1S/C17H20FN3O4S2/c1-2-25-17(22)16-19-14(12-26-16)11-20-7-9-21(10-8-20)27(23,24)15-5-3-13(18)4-6-15/h3-6,12H,2,7-11H2,1H3. The number of ether oxygens (including phenoxy) is 1. The Bertz CT molecular complexity index is 891. The van der Waals surface area contributed by atoms with Crippen LogP contribution in [-0.2, 0) is 21.3 Å². The Kier molecular flexibility index (Phi) is 6.20. The number of carbonyl (C=O) groups excluding carboxylic acids is 1. The van der Waals surface area contributed by atoms with Crippen LogP contribution >= 0.6 is 11.3 Å². The van der Waals surface area contributed by atoms with Crippen LogP contribution in [0, 0.1) is 5.82 Å². The molecule has 1 aromatic heterocycles. The van der Waals surface area contributed by atoms with Gasteiger partial charge in [0.05, 0.1) is 17.2 Å². The SMILES string of the molecule is CCOC(=O)c1nc(CN2CCN(S(=O)(=O)c3ccc(F)cc3)CC2)cs1. The van der Waals surface area contributed by atoms with Crippen molar-refractivity contribution in [2.24, 2.45) is 0 Å². The number of halogens is 1. The highest BCUT2D eigenvalue weighted by Crippen LogP contribution is 2.19. The summed E-state index contributed by atoms with van der Waals surface area (Å²) in [6.07, 6.45) is 0. The molecule has 0 saturated carbocycles. The Morgan fingerprint density at radius 2 is 1.89 bits per heavy atom. The first kappa shape index (κ1) is 19.9. The lowest BCUT2D eigenvalue weighted by Crippen LogP contribution is -2.48. The largest absolute Gasteiger partial charge is 0.461 e.